The molecule has 0 saturated heterocycles. The average molecular weight is 699 g/mol. The van der Waals surface area contributed by atoms with Crippen LogP contribution in [0.15, 0.2) is 149 Å². The molecule has 0 saturated carbocycles. The van der Waals surface area contributed by atoms with Crippen molar-refractivity contribution in [2.24, 2.45) is 0 Å². The van der Waals surface area contributed by atoms with Crippen LogP contribution in [0, 0.1) is 12.7 Å². The van der Waals surface area contributed by atoms with E-state index in [0.29, 0.717) is 16.4 Å². The summed E-state index contributed by atoms with van der Waals surface area (Å²) in [6.07, 6.45) is 1.30. The van der Waals surface area contributed by atoms with Gasteiger partial charge in [-0.25, -0.2) is 9.37 Å². The van der Waals surface area contributed by atoms with Gasteiger partial charge in [0.25, 0.3) is 11.8 Å². The number of aryl methyl sites for hydroxylation is 1. The van der Waals surface area contributed by atoms with Crippen LogP contribution in [0.4, 0.5) is 15.2 Å². The second-order valence-corrected chi connectivity index (χ2v) is 13.2. The van der Waals surface area contributed by atoms with E-state index in [4.69, 9.17) is 0 Å². The lowest BCUT2D eigenvalue weighted by Crippen LogP contribution is -2.30. The number of halogens is 1. The lowest BCUT2D eigenvalue weighted by molar-refractivity contribution is -0.116. The molecule has 5 aromatic carbocycles. The molecule has 1 heterocycles. The molecular weight excluding hydrogens is 668 g/mol. The van der Waals surface area contributed by atoms with Crippen LogP contribution < -0.4 is 16.0 Å². The Bertz CT molecular complexity index is 2140. The molecule has 3 N–H and O–H groups in total. The summed E-state index contributed by atoms with van der Waals surface area (Å²) < 4.78 is 14.5. The fourth-order valence-corrected chi connectivity index (χ4v) is 6.65. The normalized spacial score (nSPS) is 11.8. The monoisotopic (exact) mass is 698 g/mol. The third-order valence-electron chi connectivity index (χ3n) is 7.52. The van der Waals surface area contributed by atoms with E-state index in [9.17, 15) is 18.8 Å². The number of amides is 3. The second kappa shape index (κ2) is 16.0. The van der Waals surface area contributed by atoms with Gasteiger partial charge in [-0.15, -0.1) is 23.1 Å². The van der Waals surface area contributed by atoms with Crippen LogP contribution in [0.1, 0.15) is 32.3 Å². The number of rotatable bonds is 11. The van der Waals surface area contributed by atoms with Gasteiger partial charge in [0.2, 0.25) is 5.91 Å². The number of anilines is 2. The molecule has 1 unspecified atom stereocenters. The van der Waals surface area contributed by atoms with Crippen molar-refractivity contribution in [3.63, 3.8) is 0 Å². The number of carbonyl (C=O) groups is 3. The molecule has 10 heteroatoms. The number of carbonyl (C=O) groups excluding carboxylic acids is 3. The minimum atomic E-state index is -0.632. The Labute approximate surface area is 297 Å². The smallest absolute Gasteiger partial charge is 0.272 e. The maximum absolute atomic E-state index is 14.5. The lowest BCUT2D eigenvalue weighted by atomic mass is 10.1. The summed E-state index contributed by atoms with van der Waals surface area (Å²) in [5.74, 6) is -1.90. The molecule has 1 aromatic heterocycles. The molecule has 0 radical (unpaired) electrons. The SMILES string of the molecule is Cc1ccc(-c2csc(NC(=O)C(Sc3ccc(NC(=O)/C(=C/c4ccccc4F)NC(=O)c4ccccc4)cc3)c3ccccc3)n2)cc1. The molecule has 3 amide bonds. The van der Waals surface area contributed by atoms with E-state index >= 15 is 0 Å². The van der Waals surface area contributed by atoms with Gasteiger partial charge >= 0.3 is 0 Å². The Balaban J connectivity index is 1.17. The molecule has 50 heavy (non-hydrogen) atoms. The van der Waals surface area contributed by atoms with Crippen LogP contribution >= 0.6 is 23.1 Å². The van der Waals surface area contributed by atoms with E-state index in [1.165, 1.54) is 41.3 Å². The van der Waals surface area contributed by atoms with E-state index in [1.807, 2.05) is 66.9 Å². The second-order valence-electron chi connectivity index (χ2n) is 11.2. The van der Waals surface area contributed by atoms with Crippen LogP contribution in [0.5, 0.6) is 0 Å². The van der Waals surface area contributed by atoms with Crippen molar-refractivity contribution in [2.45, 2.75) is 17.1 Å². The van der Waals surface area contributed by atoms with E-state index in [2.05, 4.69) is 20.9 Å². The molecule has 7 nitrogen and oxygen atoms in total. The van der Waals surface area contributed by atoms with Gasteiger partial charge in [0.15, 0.2) is 5.13 Å². The largest absolute Gasteiger partial charge is 0.321 e. The van der Waals surface area contributed by atoms with Gasteiger partial charge in [0.1, 0.15) is 16.8 Å². The number of benzene rings is 5. The fourth-order valence-electron chi connectivity index (χ4n) is 4.90. The Morgan fingerprint density at radius 2 is 1.44 bits per heavy atom. The predicted molar refractivity (Wildman–Crippen MR) is 199 cm³/mol. The highest BCUT2D eigenvalue weighted by Crippen LogP contribution is 2.37. The Morgan fingerprint density at radius 3 is 2.14 bits per heavy atom. The highest BCUT2D eigenvalue weighted by Gasteiger charge is 2.24. The van der Waals surface area contributed by atoms with Gasteiger partial charge in [-0.1, -0.05) is 96.6 Å². The summed E-state index contributed by atoms with van der Waals surface area (Å²) in [4.78, 5) is 45.5. The lowest BCUT2D eigenvalue weighted by Gasteiger charge is -2.17. The molecule has 0 spiro atoms. The van der Waals surface area contributed by atoms with Crippen LogP contribution in [-0.2, 0) is 9.59 Å². The van der Waals surface area contributed by atoms with Crippen LogP contribution in [0.25, 0.3) is 17.3 Å². The maximum atomic E-state index is 14.5. The molecule has 248 valence electrons. The summed E-state index contributed by atoms with van der Waals surface area (Å²) >= 11 is 2.72. The zero-order valence-electron chi connectivity index (χ0n) is 26.8. The van der Waals surface area contributed by atoms with Crippen molar-refractivity contribution in [1.82, 2.24) is 10.3 Å². The minimum absolute atomic E-state index is 0.129. The van der Waals surface area contributed by atoms with Crippen molar-refractivity contribution < 1.29 is 18.8 Å². The fraction of sp³-hybridized carbons (Fsp3) is 0.0500. The number of hydrogen-bond acceptors (Lipinski definition) is 6. The van der Waals surface area contributed by atoms with Crippen LogP contribution in [-0.4, -0.2) is 22.7 Å². The molecule has 0 bridgehead atoms. The van der Waals surface area contributed by atoms with Crippen molar-refractivity contribution >= 4 is 57.7 Å². The summed E-state index contributed by atoms with van der Waals surface area (Å²) in [5, 5.41) is 10.2. The standard InChI is InChI=1S/C40H31FN4O3S2/c1-26-16-18-27(19-17-26)35-25-49-40(44-35)45-39(48)36(28-10-4-2-5-11-28)50-32-22-20-31(21-23-32)42-38(47)34(24-30-14-8-9-15-33(30)41)43-37(46)29-12-6-3-7-13-29/h2-25,36H,1H3,(H,42,47)(H,43,46)(H,44,45,48)/b34-24-. The Hall–Kier alpha value is -5.84. The molecule has 6 rings (SSSR count). The quantitative estimate of drug-likeness (QED) is 0.0926. The van der Waals surface area contributed by atoms with E-state index < -0.39 is 22.9 Å². The third-order valence-corrected chi connectivity index (χ3v) is 9.55. The molecule has 0 aliphatic rings. The van der Waals surface area contributed by atoms with Crippen molar-refractivity contribution in [3.8, 4) is 11.3 Å². The summed E-state index contributed by atoms with van der Waals surface area (Å²) in [7, 11) is 0. The van der Waals surface area contributed by atoms with Crippen molar-refractivity contribution in [2.75, 3.05) is 10.6 Å². The average Bonchev–Trinajstić information content (AvgIpc) is 3.61. The highest BCUT2D eigenvalue weighted by atomic mass is 32.2. The molecule has 6 aromatic rings. The van der Waals surface area contributed by atoms with Crippen LogP contribution in [0.2, 0.25) is 0 Å². The number of thioether (sulfide) groups is 1. The molecule has 0 fully saturated rings. The van der Waals surface area contributed by atoms with Gasteiger partial charge in [-0.05, 0) is 61.0 Å². The molecule has 0 aliphatic carbocycles. The van der Waals surface area contributed by atoms with E-state index in [-0.39, 0.29) is 17.2 Å². The number of aromatic nitrogens is 1. The first-order chi connectivity index (χ1) is 24.3. The van der Waals surface area contributed by atoms with Gasteiger partial charge in [-0.2, -0.15) is 0 Å². The first-order valence-corrected chi connectivity index (χ1v) is 17.4. The number of thiazole rings is 1. The first-order valence-electron chi connectivity index (χ1n) is 15.6. The third kappa shape index (κ3) is 8.79. The Morgan fingerprint density at radius 1 is 0.780 bits per heavy atom. The first kappa shape index (κ1) is 34.0. The van der Waals surface area contributed by atoms with Crippen LogP contribution in [0.3, 0.4) is 0 Å². The van der Waals surface area contributed by atoms with Crippen molar-refractivity contribution in [1.29, 1.82) is 0 Å². The topological polar surface area (TPSA) is 100 Å². The van der Waals surface area contributed by atoms with E-state index in [1.54, 1.807) is 66.7 Å². The minimum Gasteiger partial charge on any atom is -0.321 e. The Kier molecular flexibility index (Phi) is 10.9. The van der Waals surface area contributed by atoms with E-state index in [0.717, 1.165) is 27.3 Å². The number of nitrogens with one attached hydrogen (secondary N) is 3. The molecular formula is C40H31FN4O3S2. The zero-order valence-corrected chi connectivity index (χ0v) is 28.4. The van der Waals surface area contributed by atoms with Gasteiger partial charge in [0.05, 0.1) is 5.69 Å². The predicted octanol–water partition coefficient (Wildman–Crippen LogP) is 9.14. The summed E-state index contributed by atoms with van der Waals surface area (Å²) in [6, 6.07) is 38.9. The summed E-state index contributed by atoms with van der Waals surface area (Å²) in [5.41, 5.74) is 4.55. The maximum Gasteiger partial charge on any atom is 0.272 e. The summed E-state index contributed by atoms with van der Waals surface area (Å²) in [6.45, 7) is 2.03. The number of nitrogens with zero attached hydrogens (tertiary/aromatic N) is 1. The zero-order chi connectivity index (χ0) is 34.9. The van der Waals surface area contributed by atoms with Gasteiger partial charge in [0, 0.05) is 32.7 Å². The van der Waals surface area contributed by atoms with Gasteiger partial charge < -0.3 is 16.0 Å². The molecule has 1 atom stereocenters. The van der Waals surface area contributed by atoms with Crippen molar-refractivity contribution in [3.05, 3.63) is 173 Å². The highest BCUT2D eigenvalue weighted by molar-refractivity contribution is 8.00. The van der Waals surface area contributed by atoms with Gasteiger partial charge in [-0.3, -0.25) is 14.4 Å². The number of hydrogen-bond donors (Lipinski definition) is 3. The molecule has 0 aliphatic heterocycles.